The second-order valence-electron chi connectivity index (χ2n) is 21.8. The van der Waals surface area contributed by atoms with Crippen molar-refractivity contribution in [2.45, 2.75) is 373 Å². The number of allylic oxidation sites excluding steroid dienone is 3. The fourth-order valence-electron chi connectivity index (χ4n) is 10.1. The smallest absolute Gasteiger partial charge is 0.220 e. The van der Waals surface area contributed by atoms with Crippen molar-refractivity contribution >= 4 is 5.91 Å². The zero-order valence-corrected chi connectivity index (χ0v) is 46.7. The first-order chi connectivity index (χ1) is 33.7. The molecule has 68 heavy (non-hydrogen) atoms. The van der Waals surface area contributed by atoms with Crippen molar-refractivity contribution in [2.75, 3.05) is 6.61 Å². The van der Waals surface area contributed by atoms with Gasteiger partial charge in [0.1, 0.15) is 0 Å². The maximum Gasteiger partial charge on any atom is 0.220 e. The molecule has 0 fully saturated rings. The quantitative estimate of drug-likeness (QED) is 0.0420. The molecule has 0 aromatic heterocycles. The molecule has 0 aliphatic heterocycles. The van der Waals surface area contributed by atoms with Gasteiger partial charge in [0.25, 0.3) is 0 Å². The summed E-state index contributed by atoms with van der Waals surface area (Å²) in [5, 5.41) is 23.2. The lowest BCUT2D eigenvalue weighted by Crippen LogP contribution is -2.45. The first-order valence-corrected chi connectivity index (χ1v) is 31.6. The van der Waals surface area contributed by atoms with Crippen molar-refractivity contribution in [3.05, 3.63) is 24.3 Å². The molecule has 404 valence electrons. The summed E-state index contributed by atoms with van der Waals surface area (Å²) in [5.74, 6) is -0.0558. The maximum absolute atomic E-state index is 12.5. The fourth-order valence-corrected chi connectivity index (χ4v) is 10.1. The van der Waals surface area contributed by atoms with Crippen molar-refractivity contribution < 1.29 is 15.0 Å². The monoisotopic (exact) mass is 956 g/mol. The van der Waals surface area contributed by atoms with Gasteiger partial charge in [-0.1, -0.05) is 334 Å². The minimum atomic E-state index is -0.837. The molecule has 4 nitrogen and oxygen atoms in total. The van der Waals surface area contributed by atoms with Gasteiger partial charge in [0.05, 0.1) is 18.8 Å². The molecule has 0 aliphatic rings. The van der Waals surface area contributed by atoms with Crippen molar-refractivity contribution in [3.8, 4) is 0 Å². The first kappa shape index (κ1) is 66.9. The Kier molecular flexibility index (Phi) is 59.2. The normalized spacial score (nSPS) is 12.8. The summed E-state index contributed by atoms with van der Waals surface area (Å²) in [5.41, 5.74) is 0. The second-order valence-corrected chi connectivity index (χ2v) is 21.8. The predicted octanol–water partition coefficient (Wildman–Crippen LogP) is 21.0. The van der Waals surface area contributed by atoms with E-state index in [-0.39, 0.29) is 12.5 Å². The highest BCUT2D eigenvalue weighted by Gasteiger charge is 2.18. The van der Waals surface area contributed by atoms with E-state index in [1.807, 2.05) is 6.08 Å². The summed E-state index contributed by atoms with van der Waals surface area (Å²) < 4.78 is 0. The Bertz CT molecular complexity index is 994. The first-order valence-electron chi connectivity index (χ1n) is 31.6. The number of hydrogen-bond acceptors (Lipinski definition) is 3. The molecule has 0 saturated carbocycles. The largest absolute Gasteiger partial charge is 0.394 e. The van der Waals surface area contributed by atoms with E-state index in [1.165, 1.54) is 315 Å². The van der Waals surface area contributed by atoms with Gasteiger partial charge >= 0.3 is 0 Å². The van der Waals surface area contributed by atoms with E-state index < -0.39 is 12.1 Å². The summed E-state index contributed by atoms with van der Waals surface area (Å²) in [6, 6.07) is -0.619. The van der Waals surface area contributed by atoms with Gasteiger partial charge < -0.3 is 15.5 Å². The molecule has 0 aromatic carbocycles. The van der Waals surface area contributed by atoms with Gasteiger partial charge in [-0.3, -0.25) is 4.79 Å². The summed E-state index contributed by atoms with van der Waals surface area (Å²) >= 11 is 0. The zero-order chi connectivity index (χ0) is 49.2. The fraction of sp³-hybridized carbons (Fsp3) is 0.922. The van der Waals surface area contributed by atoms with Crippen molar-refractivity contribution in [3.63, 3.8) is 0 Å². The standard InChI is InChI=1S/C64H125NO3/c1-3-5-7-9-11-13-15-17-19-21-23-24-25-26-27-28-29-30-31-32-33-34-35-36-37-38-39-40-42-44-46-48-50-52-54-56-58-60-64(68)65-62(61-66)63(67)59-57-55-53-51-49-47-45-43-41-22-20-18-16-14-12-10-8-6-4-2/h21,23,57,59,62-63,66-67H,3-20,22,24-56,58,60-61H2,1-2H3,(H,65,68)/b23-21-,59-57+. The third-order valence-electron chi connectivity index (χ3n) is 14.9. The number of amides is 1. The molecular formula is C64H125NO3. The topological polar surface area (TPSA) is 69.6 Å². The minimum absolute atomic E-state index is 0.0558. The molecule has 0 radical (unpaired) electrons. The van der Waals surface area contributed by atoms with E-state index in [9.17, 15) is 15.0 Å². The predicted molar refractivity (Wildman–Crippen MR) is 304 cm³/mol. The highest BCUT2D eigenvalue weighted by molar-refractivity contribution is 5.76. The molecule has 0 rings (SSSR count). The Balaban J connectivity index is 3.39. The van der Waals surface area contributed by atoms with Crippen LogP contribution in [-0.2, 0) is 4.79 Å². The zero-order valence-electron chi connectivity index (χ0n) is 46.7. The van der Waals surface area contributed by atoms with Crippen LogP contribution in [0.1, 0.15) is 361 Å². The SMILES string of the molecule is CCCCCCCCCC/C=C\CCCCCCCCCCCCCCCCCCCCCCCCCCCC(=O)NC(CO)C(O)/C=C/CCCCCCCCCCCCCCCCCCC. The van der Waals surface area contributed by atoms with Crippen molar-refractivity contribution in [1.82, 2.24) is 5.32 Å². The van der Waals surface area contributed by atoms with Crippen LogP contribution < -0.4 is 5.32 Å². The van der Waals surface area contributed by atoms with Gasteiger partial charge in [-0.25, -0.2) is 0 Å². The van der Waals surface area contributed by atoms with Crippen LogP contribution in [0.25, 0.3) is 0 Å². The van der Waals surface area contributed by atoms with E-state index in [0.717, 1.165) is 25.7 Å². The van der Waals surface area contributed by atoms with Gasteiger partial charge in [0.2, 0.25) is 5.91 Å². The Morgan fingerprint density at radius 3 is 0.809 bits per heavy atom. The Morgan fingerprint density at radius 2 is 0.559 bits per heavy atom. The molecule has 4 heteroatoms. The van der Waals surface area contributed by atoms with Crippen LogP contribution in [0.15, 0.2) is 24.3 Å². The van der Waals surface area contributed by atoms with E-state index in [1.54, 1.807) is 6.08 Å². The van der Waals surface area contributed by atoms with Crippen LogP contribution in [0.5, 0.6) is 0 Å². The van der Waals surface area contributed by atoms with Gasteiger partial charge in [-0.05, 0) is 44.9 Å². The van der Waals surface area contributed by atoms with E-state index in [4.69, 9.17) is 0 Å². The summed E-state index contributed by atoms with van der Waals surface area (Å²) in [4.78, 5) is 12.5. The number of aliphatic hydroxyl groups is 2. The number of aliphatic hydroxyl groups excluding tert-OH is 2. The number of unbranched alkanes of at least 4 members (excludes halogenated alkanes) is 50. The number of hydrogen-bond donors (Lipinski definition) is 3. The average molecular weight is 957 g/mol. The van der Waals surface area contributed by atoms with Gasteiger partial charge in [0.15, 0.2) is 0 Å². The molecule has 0 aliphatic carbocycles. The lowest BCUT2D eigenvalue weighted by molar-refractivity contribution is -0.123. The van der Waals surface area contributed by atoms with Crippen LogP contribution >= 0.6 is 0 Å². The van der Waals surface area contributed by atoms with E-state index >= 15 is 0 Å². The van der Waals surface area contributed by atoms with Crippen LogP contribution in [0.3, 0.4) is 0 Å². The molecule has 0 spiro atoms. The lowest BCUT2D eigenvalue weighted by atomic mass is 10.0. The van der Waals surface area contributed by atoms with E-state index in [2.05, 4.69) is 31.3 Å². The van der Waals surface area contributed by atoms with Crippen LogP contribution in [0, 0.1) is 0 Å². The third-order valence-corrected chi connectivity index (χ3v) is 14.9. The summed E-state index contributed by atoms with van der Waals surface area (Å²) in [6.45, 7) is 4.35. The molecule has 2 atom stereocenters. The number of carbonyl (C=O) groups is 1. The maximum atomic E-state index is 12.5. The Hall–Kier alpha value is -1.13. The van der Waals surface area contributed by atoms with Gasteiger partial charge in [0, 0.05) is 6.42 Å². The number of nitrogens with one attached hydrogen (secondary N) is 1. The molecule has 0 saturated heterocycles. The Morgan fingerprint density at radius 1 is 0.338 bits per heavy atom. The molecule has 3 N–H and O–H groups in total. The Labute approximate surface area is 428 Å². The second kappa shape index (κ2) is 60.2. The number of rotatable bonds is 59. The molecule has 1 amide bonds. The molecule has 0 aromatic rings. The highest BCUT2D eigenvalue weighted by Crippen LogP contribution is 2.18. The van der Waals surface area contributed by atoms with Gasteiger partial charge in [-0.2, -0.15) is 0 Å². The average Bonchev–Trinajstić information content (AvgIpc) is 3.34. The summed E-state index contributed by atoms with van der Waals surface area (Å²) in [7, 11) is 0. The summed E-state index contributed by atoms with van der Waals surface area (Å²) in [6.07, 6.45) is 81.0. The van der Waals surface area contributed by atoms with Gasteiger partial charge in [-0.15, -0.1) is 0 Å². The third kappa shape index (κ3) is 55.8. The van der Waals surface area contributed by atoms with Crippen LogP contribution in [-0.4, -0.2) is 34.9 Å². The molecule has 0 heterocycles. The van der Waals surface area contributed by atoms with Crippen molar-refractivity contribution in [2.24, 2.45) is 0 Å². The van der Waals surface area contributed by atoms with E-state index in [0.29, 0.717) is 6.42 Å². The van der Waals surface area contributed by atoms with Crippen LogP contribution in [0.4, 0.5) is 0 Å². The number of carbonyl (C=O) groups excluding carboxylic acids is 1. The highest BCUT2D eigenvalue weighted by atomic mass is 16.3. The van der Waals surface area contributed by atoms with Crippen molar-refractivity contribution in [1.29, 1.82) is 0 Å². The van der Waals surface area contributed by atoms with Crippen LogP contribution in [0.2, 0.25) is 0 Å². The molecular weight excluding hydrogens is 831 g/mol. The molecule has 0 bridgehead atoms. The molecule has 2 unspecified atom stereocenters. The lowest BCUT2D eigenvalue weighted by Gasteiger charge is -2.20. The minimum Gasteiger partial charge on any atom is -0.394 e.